The van der Waals surface area contributed by atoms with Crippen molar-refractivity contribution >= 4 is 0 Å². The predicted octanol–water partition coefficient (Wildman–Crippen LogP) is 2.04. The number of likely N-dealkylation sites (N-methyl/N-ethyl adjacent to an activating group) is 2. The first-order valence-corrected chi connectivity index (χ1v) is 7.12. The van der Waals surface area contributed by atoms with E-state index in [0.717, 1.165) is 32.2 Å². The maximum Gasteiger partial charge on any atom is 0.416 e. The van der Waals surface area contributed by atoms with Crippen LogP contribution in [0.2, 0.25) is 0 Å². The number of piperazine rings is 1. The summed E-state index contributed by atoms with van der Waals surface area (Å²) in [5, 5.41) is 3.27. The Balaban J connectivity index is 1.86. The Morgan fingerprint density at radius 2 is 2.00 bits per heavy atom. The van der Waals surface area contributed by atoms with E-state index in [9.17, 15) is 13.2 Å². The molecule has 0 spiro atoms. The van der Waals surface area contributed by atoms with E-state index in [1.54, 1.807) is 6.07 Å². The number of nitrogens with zero attached hydrogens (tertiary/aromatic N) is 2. The van der Waals surface area contributed by atoms with Crippen LogP contribution in [-0.4, -0.2) is 56.1 Å². The predicted molar refractivity (Wildman–Crippen MR) is 77.1 cm³/mol. The molecule has 0 bridgehead atoms. The molecule has 1 unspecified atom stereocenters. The number of nitrogens with one attached hydrogen (secondary N) is 1. The molecule has 1 N–H and O–H groups in total. The first-order valence-electron chi connectivity index (χ1n) is 7.12. The van der Waals surface area contributed by atoms with Crippen LogP contribution in [0.3, 0.4) is 0 Å². The molecule has 1 aromatic carbocycles. The molecule has 1 atom stereocenters. The number of hydrogen-bond acceptors (Lipinski definition) is 3. The van der Waals surface area contributed by atoms with Gasteiger partial charge in [-0.3, -0.25) is 4.90 Å². The maximum atomic E-state index is 12.6. The zero-order valence-electron chi connectivity index (χ0n) is 12.5. The van der Waals surface area contributed by atoms with Gasteiger partial charge in [-0.05, 0) is 25.7 Å². The molecular formula is C15H22F3N3. The van der Waals surface area contributed by atoms with Crippen molar-refractivity contribution in [1.82, 2.24) is 15.1 Å². The van der Waals surface area contributed by atoms with Gasteiger partial charge in [-0.1, -0.05) is 18.2 Å². The van der Waals surface area contributed by atoms with E-state index in [0.29, 0.717) is 18.2 Å². The molecule has 1 aliphatic rings. The maximum absolute atomic E-state index is 12.6. The van der Waals surface area contributed by atoms with Crippen LogP contribution in [0, 0.1) is 0 Å². The average Bonchev–Trinajstić information content (AvgIpc) is 2.42. The molecule has 1 fully saturated rings. The van der Waals surface area contributed by atoms with E-state index in [4.69, 9.17) is 0 Å². The van der Waals surface area contributed by atoms with Gasteiger partial charge in [0.25, 0.3) is 0 Å². The van der Waals surface area contributed by atoms with Gasteiger partial charge in [0.15, 0.2) is 0 Å². The van der Waals surface area contributed by atoms with Crippen molar-refractivity contribution in [2.75, 3.05) is 40.3 Å². The number of rotatable bonds is 4. The minimum atomic E-state index is -4.28. The third-order valence-corrected chi connectivity index (χ3v) is 3.94. The smallest absolute Gasteiger partial charge is 0.311 e. The highest BCUT2D eigenvalue weighted by atomic mass is 19.4. The Morgan fingerprint density at radius 3 is 2.71 bits per heavy atom. The first-order chi connectivity index (χ1) is 9.86. The standard InChI is InChI=1S/C15H22F3N3/c1-20-6-7-21(2)14(11-20)10-19-9-12-4-3-5-13(8-12)15(16,17)18/h3-5,8,14,19H,6-7,9-11H2,1-2H3. The molecular weight excluding hydrogens is 279 g/mol. The van der Waals surface area contributed by atoms with Crippen molar-refractivity contribution in [2.45, 2.75) is 18.8 Å². The van der Waals surface area contributed by atoms with Crippen LogP contribution in [0.1, 0.15) is 11.1 Å². The van der Waals surface area contributed by atoms with Gasteiger partial charge < -0.3 is 10.2 Å². The van der Waals surface area contributed by atoms with E-state index in [1.807, 2.05) is 0 Å². The van der Waals surface area contributed by atoms with Gasteiger partial charge in [-0.15, -0.1) is 0 Å². The van der Waals surface area contributed by atoms with E-state index in [-0.39, 0.29) is 0 Å². The van der Waals surface area contributed by atoms with Gasteiger partial charge in [0, 0.05) is 38.8 Å². The third kappa shape index (κ3) is 4.69. The summed E-state index contributed by atoms with van der Waals surface area (Å²) in [6.07, 6.45) is -4.28. The number of halogens is 3. The summed E-state index contributed by atoms with van der Waals surface area (Å²) in [4.78, 5) is 4.57. The summed E-state index contributed by atoms with van der Waals surface area (Å²) in [6.45, 7) is 4.29. The lowest BCUT2D eigenvalue weighted by molar-refractivity contribution is -0.137. The molecule has 0 amide bonds. The topological polar surface area (TPSA) is 18.5 Å². The summed E-state index contributed by atoms with van der Waals surface area (Å²) in [6, 6.07) is 5.89. The Bertz CT molecular complexity index is 462. The van der Waals surface area contributed by atoms with E-state index in [2.05, 4.69) is 29.2 Å². The molecule has 2 rings (SSSR count). The lowest BCUT2D eigenvalue weighted by Gasteiger charge is -2.37. The highest BCUT2D eigenvalue weighted by Crippen LogP contribution is 2.29. The number of alkyl halides is 3. The molecule has 3 nitrogen and oxygen atoms in total. The molecule has 118 valence electrons. The van der Waals surface area contributed by atoms with Gasteiger partial charge in [0.05, 0.1) is 5.56 Å². The Labute approximate surface area is 123 Å². The highest BCUT2D eigenvalue weighted by molar-refractivity contribution is 5.25. The second-order valence-corrected chi connectivity index (χ2v) is 5.73. The Kier molecular flexibility index (Phi) is 5.24. The van der Waals surface area contributed by atoms with Crippen molar-refractivity contribution in [2.24, 2.45) is 0 Å². The van der Waals surface area contributed by atoms with Crippen molar-refractivity contribution in [1.29, 1.82) is 0 Å². The number of hydrogen-bond donors (Lipinski definition) is 1. The molecule has 1 saturated heterocycles. The zero-order chi connectivity index (χ0) is 15.5. The Morgan fingerprint density at radius 1 is 1.24 bits per heavy atom. The monoisotopic (exact) mass is 301 g/mol. The minimum absolute atomic E-state index is 0.398. The van der Waals surface area contributed by atoms with Crippen molar-refractivity contribution in [3.05, 3.63) is 35.4 Å². The molecule has 1 aromatic rings. The van der Waals surface area contributed by atoms with Crippen LogP contribution in [0.4, 0.5) is 13.2 Å². The number of benzene rings is 1. The van der Waals surface area contributed by atoms with Crippen LogP contribution in [0.15, 0.2) is 24.3 Å². The fourth-order valence-corrected chi connectivity index (χ4v) is 2.56. The molecule has 6 heteroatoms. The molecule has 1 heterocycles. The molecule has 0 aliphatic carbocycles. The summed E-state index contributed by atoms with van der Waals surface area (Å²) >= 11 is 0. The van der Waals surface area contributed by atoms with Crippen LogP contribution >= 0.6 is 0 Å². The quantitative estimate of drug-likeness (QED) is 0.918. The largest absolute Gasteiger partial charge is 0.416 e. The summed E-state index contributed by atoms with van der Waals surface area (Å²) < 4.78 is 37.9. The first kappa shape index (κ1) is 16.3. The highest BCUT2D eigenvalue weighted by Gasteiger charge is 2.30. The molecule has 1 aliphatic heterocycles. The average molecular weight is 301 g/mol. The molecule has 0 aromatic heterocycles. The van der Waals surface area contributed by atoms with Gasteiger partial charge in [0.2, 0.25) is 0 Å². The summed E-state index contributed by atoms with van der Waals surface area (Å²) in [5.41, 5.74) is 0.0768. The van der Waals surface area contributed by atoms with Crippen molar-refractivity contribution < 1.29 is 13.2 Å². The fraction of sp³-hybridized carbons (Fsp3) is 0.600. The molecule has 0 saturated carbocycles. The normalized spacial score (nSPS) is 21.7. The van der Waals surface area contributed by atoms with Gasteiger partial charge >= 0.3 is 6.18 Å². The summed E-state index contributed by atoms with van der Waals surface area (Å²) in [5.74, 6) is 0. The lowest BCUT2D eigenvalue weighted by atomic mass is 10.1. The van der Waals surface area contributed by atoms with Crippen LogP contribution < -0.4 is 5.32 Å². The van der Waals surface area contributed by atoms with Crippen molar-refractivity contribution in [3.63, 3.8) is 0 Å². The van der Waals surface area contributed by atoms with E-state index in [1.165, 1.54) is 12.1 Å². The SMILES string of the molecule is CN1CCN(C)C(CNCc2cccc(C(F)(F)F)c2)C1. The van der Waals surface area contributed by atoms with Gasteiger partial charge in [-0.25, -0.2) is 0 Å². The van der Waals surface area contributed by atoms with Crippen LogP contribution in [-0.2, 0) is 12.7 Å². The minimum Gasteiger partial charge on any atom is -0.311 e. The Hall–Kier alpha value is -1.11. The van der Waals surface area contributed by atoms with E-state index < -0.39 is 11.7 Å². The van der Waals surface area contributed by atoms with Crippen LogP contribution in [0.5, 0.6) is 0 Å². The van der Waals surface area contributed by atoms with E-state index >= 15 is 0 Å². The van der Waals surface area contributed by atoms with Crippen LogP contribution in [0.25, 0.3) is 0 Å². The van der Waals surface area contributed by atoms with Gasteiger partial charge in [-0.2, -0.15) is 13.2 Å². The molecule has 0 radical (unpaired) electrons. The fourth-order valence-electron chi connectivity index (χ4n) is 2.56. The second-order valence-electron chi connectivity index (χ2n) is 5.73. The van der Waals surface area contributed by atoms with Crippen molar-refractivity contribution in [3.8, 4) is 0 Å². The van der Waals surface area contributed by atoms with Gasteiger partial charge in [0.1, 0.15) is 0 Å². The second kappa shape index (κ2) is 6.77. The lowest BCUT2D eigenvalue weighted by Crippen LogP contribution is -2.53. The zero-order valence-corrected chi connectivity index (χ0v) is 12.5. The summed E-state index contributed by atoms with van der Waals surface area (Å²) in [7, 11) is 4.18. The molecule has 21 heavy (non-hydrogen) atoms. The third-order valence-electron chi connectivity index (χ3n) is 3.94.